The van der Waals surface area contributed by atoms with Gasteiger partial charge in [0, 0.05) is 12.8 Å². The van der Waals surface area contributed by atoms with Crippen LogP contribution in [0, 0.1) is 0 Å². The molecule has 0 spiro atoms. The Labute approximate surface area is 196 Å². The predicted octanol–water partition coefficient (Wildman–Crippen LogP) is 0.968. The summed E-state index contributed by atoms with van der Waals surface area (Å²) in [7, 11) is 0. The summed E-state index contributed by atoms with van der Waals surface area (Å²) in [5, 5.41) is 9.90. The topological polar surface area (TPSA) is 130 Å². The molecule has 4 amide bonds. The van der Waals surface area contributed by atoms with Crippen molar-refractivity contribution in [2.24, 2.45) is 5.73 Å². The maximum Gasteiger partial charge on any atom is 0.243 e. The van der Waals surface area contributed by atoms with E-state index >= 15 is 0 Å². The molecule has 1 aliphatic heterocycles. The number of benzene rings is 3. The van der Waals surface area contributed by atoms with Gasteiger partial charge in [-0.25, -0.2) is 0 Å². The van der Waals surface area contributed by atoms with Crippen LogP contribution in [0.3, 0.4) is 0 Å². The Morgan fingerprint density at radius 3 is 2.26 bits per heavy atom. The van der Waals surface area contributed by atoms with Gasteiger partial charge >= 0.3 is 0 Å². The molecule has 0 saturated carbocycles. The number of nitrogens with two attached hydrogens (primary N) is 1. The van der Waals surface area contributed by atoms with Crippen LogP contribution in [0.15, 0.2) is 72.8 Å². The van der Waals surface area contributed by atoms with Crippen LogP contribution >= 0.6 is 0 Å². The minimum Gasteiger partial charge on any atom is -0.368 e. The Morgan fingerprint density at radius 2 is 1.50 bits per heavy atom. The fourth-order valence-corrected chi connectivity index (χ4v) is 4.16. The molecule has 0 aromatic heterocycles. The van der Waals surface area contributed by atoms with Crippen molar-refractivity contribution in [1.82, 2.24) is 16.0 Å². The summed E-state index contributed by atoms with van der Waals surface area (Å²) in [6, 6.07) is 20.1. The fourth-order valence-electron chi connectivity index (χ4n) is 4.16. The molecule has 8 heteroatoms. The molecule has 0 aliphatic carbocycles. The predicted molar refractivity (Wildman–Crippen MR) is 127 cm³/mol. The van der Waals surface area contributed by atoms with Crippen LogP contribution in [-0.4, -0.2) is 41.8 Å². The maximum absolute atomic E-state index is 12.7. The number of rotatable bonds is 8. The maximum atomic E-state index is 12.7. The van der Waals surface area contributed by atoms with Crippen molar-refractivity contribution in [3.63, 3.8) is 0 Å². The molecule has 3 atom stereocenters. The largest absolute Gasteiger partial charge is 0.368 e. The van der Waals surface area contributed by atoms with Crippen molar-refractivity contribution < 1.29 is 19.2 Å². The van der Waals surface area contributed by atoms with Crippen molar-refractivity contribution in [3.05, 3.63) is 83.9 Å². The van der Waals surface area contributed by atoms with Gasteiger partial charge in [-0.2, -0.15) is 0 Å². The summed E-state index contributed by atoms with van der Waals surface area (Å²) >= 11 is 0. The zero-order valence-corrected chi connectivity index (χ0v) is 18.5. The summed E-state index contributed by atoms with van der Waals surface area (Å²) in [6.45, 7) is 0. The van der Waals surface area contributed by atoms with Crippen LogP contribution < -0.4 is 21.7 Å². The second-order valence-corrected chi connectivity index (χ2v) is 8.38. The molecule has 3 aromatic rings. The third-order valence-corrected chi connectivity index (χ3v) is 5.92. The smallest absolute Gasteiger partial charge is 0.243 e. The lowest BCUT2D eigenvalue weighted by molar-refractivity contribution is -0.138. The number of amides is 4. The summed E-state index contributed by atoms with van der Waals surface area (Å²) in [5.74, 6) is -2.03. The average molecular weight is 459 g/mol. The Hall–Kier alpha value is -4.20. The van der Waals surface area contributed by atoms with Crippen molar-refractivity contribution in [1.29, 1.82) is 0 Å². The molecule has 1 saturated heterocycles. The van der Waals surface area contributed by atoms with Crippen molar-refractivity contribution in [2.45, 2.75) is 37.4 Å². The average Bonchev–Trinajstić information content (AvgIpc) is 2.82. The molecular weight excluding hydrogens is 432 g/mol. The van der Waals surface area contributed by atoms with Crippen LogP contribution in [-0.2, 0) is 32.0 Å². The van der Waals surface area contributed by atoms with Gasteiger partial charge in [0.1, 0.15) is 18.1 Å². The highest BCUT2D eigenvalue weighted by atomic mass is 16.2. The molecule has 4 rings (SSSR count). The number of nitrogens with one attached hydrogen (secondary N) is 3. The van der Waals surface area contributed by atoms with E-state index in [0.29, 0.717) is 6.42 Å². The second-order valence-electron chi connectivity index (χ2n) is 8.38. The Morgan fingerprint density at radius 1 is 0.853 bits per heavy atom. The van der Waals surface area contributed by atoms with Crippen molar-refractivity contribution in [2.75, 3.05) is 0 Å². The zero-order chi connectivity index (χ0) is 24.1. The summed E-state index contributed by atoms with van der Waals surface area (Å²) in [4.78, 5) is 49.7. The zero-order valence-electron chi connectivity index (χ0n) is 18.5. The van der Waals surface area contributed by atoms with E-state index < -0.39 is 35.8 Å². The van der Waals surface area contributed by atoms with Crippen molar-refractivity contribution in [3.8, 4) is 0 Å². The van der Waals surface area contributed by atoms with Gasteiger partial charge in [-0.3, -0.25) is 19.2 Å². The van der Waals surface area contributed by atoms with Gasteiger partial charge in [-0.05, 0) is 21.9 Å². The second kappa shape index (κ2) is 10.2. The van der Waals surface area contributed by atoms with Gasteiger partial charge in [0.05, 0.1) is 6.42 Å². The summed E-state index contributed by atoms with van der Waals surface area (Å²) < 4.78 is 0. The van der Waals surface area contributed by atoms with Gasteiger partial charge in [-0.1, -0.05) is 72.8 Å². The summed E-state index contributed by atoms with van der Waals surface area (Å²) in [6.07, 6.45) is 0.270. The van der Waals surface area contributed by atoms with E-state index in [1.807, 2.05) is 72.8 Å². The Bertz CT molecular complexity index is 1220. The molecule has 174 valence electrons. The lowest BCUT2D eigenvalue weighted by Gasteiger charge is -2.29. The van der Waals surface area contributed by atoms with E-state index in [1.54, 1.807) is 0 Å². The van der Waals surface area contributed by atoms with Gasteiger partial charge in [0.15, 0.2) is 0 Å². The van der Waals surface area contributed by atoms with E-state index in [-0.39, 0.29) is 18.7 Å². The van der Waals surface area contributed by atoms with Crippen LogP contribution in [0.25, 0.3) is 10.8 Å². The third kappa shape index (κ3) is 5.40. The Balaban J connectivity index is 1.37. The van der Waals surface area contributed by atoms with Crippen LogP contribution in [0.4, 0.5) is 0 Å². The van der Waals surface area contributed by atoms with Gasteiger partial charge in [0.25, 0.3) is 0 Å². The first-order valence-corrected chi connectivity index (χ1v) is 11.1. The normalized spacial score (nSPS) is 18.6. The minimum atomic E-state index is -1.02. The van der Waals surface area contributed by atoms with Crippen molar-refractivity contribution >= 4 is 34.4 Å². The first-order chi connectivity index (χ1) is 16.4. The van der Waals surface area contributed by atoms with E-state index in [2.05, 4.69) is 16.0 Å². The highest BCUT2D eigenvalue weighted by Gasteiger charge is 2.35. The molecule has 1 heterocycles. The monoisotopic (exact) mass is 458 g/mol. The SMILES string of the molecule is NC(=O)[C@H](Cc1cccc2ccccc12)NC(=O)C[C@@H]1NC(=O)[C@H](Cc2ccccc2)NC1=O. The van der Waals surface area contributed by atoms with E-state index in [1.165, 1.54) is 0 Å². The number of carbonyl (C=O) groups is 4. The Kier molecular flexibility index (Phi) is 6.87. The minimum absolute atomic E-state index is 0.213. The molecule has 0 unspecified atom stereocenters. The highest BCUT2D eigenvalue weighted by molar-refractivity contribution is 5.99. The first kappa shape index (κ1) is 23.0. The molecule has 3 aromatic carbocycles. The number of carbonyl (C=O) groups excluding carboxylic acids is 4. The molecule has 5 N–H and O–H groups in total. The number of hydrogen-bond donors (Lipinski definition) is 4. The van der Waals surface area contributed by atoms with Crippen LogP contribution in [0.5, 0.6) is 0 Å². The molecule has 1 fully saturated rings. The first-order valence-electron chi connectivity index (χ1n) is 11.1. The molecule has 0 bridgehead atoms. The molecule has 8 nitrogen and oxygen atoms in total. The lowest BCUT2D eigenvalue weighted by Crippen LogP contribution is -2.63. The van der Waals surface area contributed by atoms with E-state index in [4.69, 9.17) is 5.73 Å². The standard InChI is InChI=1S/C26H26N4O4/c27-24(32)20(14-18-11-6-10-17-9-4-5-12-19(17)18)28-23(31)15-22-26(34)29-21(25(33)30-22)13-16-7-2-1-3-8-16/h1-12,20-22H,13-15H2,(H2,27,32)(H,28,31)(H,29,34)(H,30,33)/t20-,21-,22-/m0/s1. The molecular formula is C26H26N4O4. The lowest BCUT2D eigenvalue weighted by atomic mass is 9.98. The summed E-state index contributed by atoms with van der Waals surface area (Å²) in [5.41, 5.74) is 7.33. The number of piperazine rings is 1. The van der Waals surface area contributed by atoms with Gasteiger partial charge in [-0.15, -0.1) is 0 Å². The van der Waals surface area contributed by atoms with Crippen LogP contribution in [0.2, 0.25) is 0 Å². The quantitative estimate of drug-likeness (QED) is 0.401. The number of fused-ring (bicyclic) bond motifs is 1. The highest BCUT2D eigenvalue weighted by Crippen LogP contribution is 2.20. The van der Waals surface area contributed by atoms with Gasteiger partial charge < -0.3 is 21.7 Å². The fraction of sp³-hybridized carbons (Fsp3) is 0.231. The molecule has 1 aliphatic rings. The molecule has 34 heavy (non-hydrogen) atoms. The van der Waals surface area contributed by atoms with Crippen LogP contribution in [0.1, 0.15) is 17.5 Å². The van der Waals surface area contributed by atoms with E-state index in [9.17, 15) is 19.2 Å². The number of primary amides is 1. The third-order valence-electron chi connectivity index (χ3n) is 5.92. The van der Waals surface area contributed by atoms with E-state index in [0.717, 1.165) is 21.9 Å². The number of hydrogen-bond acceptors (Lipinski definition) is 4. The van der Waals surface area contributed by atoms with Gasteiger partial charge in [0.2, 0.25) is 23.6 Å². The molecule has 0 radical (unpaired) electrons.